The van der Waals surface area contributed by atoms with E-state index >= 15 is 0 Å². The van der Waals surface area contributed by atoms with Gasteiger partial charge in [0.05, 0.1) is 0 Å². The van der Waals surface area contributed by atoms with E-state index in [0.717, 1.165) is 19.5 Å². The van der Waals surface area contributed by atoms with Crippen molar-refractivity contribution in [2.45, 2.75) is 25.3 Å². The Morgan fingerprint density at radius 1 is 1.37 bits per heavy atom. The van der Waals surface area contributed by atoms with Gasteiger partial charge in [0.25, 0.3) is 5.91 Å². The minimum absolute atomic E-state index is 0. The van der Waals surface area contributed by atoms with Gasteiger partial charge in [0.15, 0.2) is 10.4 Å². The average molecular weight is 350 g/mol. The molecule has 106 valence electrons. The Kier molecular flexibility index (Phi) is 4.58. The molecule has 6 heteroatoms. The Bertz CT molecular complexity index is 465. The van der Waals surface area contributed by atoms with E-state index < -0.39 is 0 Å². The van der Waals surface area contributed by atoms with Crippen LogP contribution in [0.3, 0.4) is 0 Å². The Balaban J connectivity index is 0.00000133. The second-order valence-electron chi connectivity index (χ2n) is 5.33. The molecule has 1 aromatic rings. The summed E-state index contributed by atoms with van der Waals surface area (Å²) in [6, 6.07) is 3.72. The first-order chi connectivity index (χ1) is 8.65. The van der Waals surface area contributed by atoms with Gasteiger partial charge in [0, 0.05) is 19.1 Å². The summed E-state index contributed by atoms with van der Waals surface area (Å²) in [6.07, 6.45) is 3.48. The summed E-state index contributed by atoms with van der Waals surface area (Å²) in [5, 5.41) is 0. The van der Waals surface area contributed by atoms with Crippen LogP contribution in [-0.2, 0) is 0 Å². The molecule has 0 radical (unpaired) electrons. The average Bonchev–Trinajstić information content (AvgIpc) is 2.95. The minimum Gasteiger partial charge on any atom is -0.444 e. The second kappa shape index (κ2) is 5.85. The third-order valence-corrected chi connectivity index (χ3v) is 4.65. The van der Waals surface area contributed by atoms with E-state index in [1.807, 2.05) is 4.90 Å². The molecule has 1 saturated heterocycles. The SMILES string of the molecule is Cl.NC1CCCC2CN(C(=O)c3ccc(Br)o3)CC12. The number of nitrogens with two attached hydrogens (primary N) is 1. The predicted octanol–water partition coefficient (Wildman–Crippen LogP) is 2.66. The molecule has 1 aromatic heterocycles. The van der Waals surface area contributed by atoms with Gasteiger partial charge in [-0.2, -0.15) is 0 Å². The first-order valence-corrected chi connectivity index (χ1v) is 7.24. The molecule has 0 aromatic carbocycles. The van der Waals surface area contributed by atoms with Crippen molar-refractivity contribution in [1.82, 2.24) is 4.90 Å². The van der Waals surface area contributed by atoms with Gasteiger partial charge in [0.1, 0.15) is 0 Å². The van der Waals surface area contributed by atoms with Crippen molar-refractivity contribution in [3.05, 3.63) is 22.6 Å². The number of likely N-dealkylation sites (tertiary alicyclic amines) is 1. The Morgan fingerprint density at radius 3 is 2.79 bits per heavy atom. The van der Waals surface area contributed by atoms with Crippen LogP contribution in [0.4, 0.5) is 0 Å². The molecule has 1 aliphatic heterocycles. The van der Waals surface area contributed by atoms with Crippen LogP contribution in [0.25, 0.3) is 0 Å². The lowest BCUT2D eigenvalue weighted by atomic mass is 9.78. The molecular weight excluding hydrogens is 332 g/mol. The number of carbonyl (C=O) groups is 1. The van der Waals surface area contributed by atoms with Crippen molar-refractivity contribution in [1.29, 1.82) is 0 Å². The largest absolute Gasteiger partial charge is 0.444 e. The zero-order chi connectivity index (χ0) is 12.7. The van der Waals surface area contributed by atoms with Crippen molar-refractivity contribution in [3.63, 3.8) is 0 Å². The summed E-state index contributed by atoms with van der Waals surface area (Å²) in [5.74, 6) is 1.45. The lowest BCUT2D eigenvalue weighted by molar-refractivity contribution is 0.0750. The fourth-order valence-corrected chi connectivity index (χ4v) is 3.57. The first-order valence-electron chi connectivity index (χ1n) is 6.45. The molecule has 1 amide bonds. The number of hydrogen-bond acceptors (Lipinski definition) is 3. The van der Waals surface area contributed by atoms with E-state index in [-0.39, 0.29) is 24.4 Å². The van der Waals surface area contributed by atoms with Crippen LogP contribution in [0, 0.1) is 11.8 Å². The first kappa shape index (κ1) is 14.9. The fraction of sp³-hybridized carbons (Fsp3) is 0.615. The predicted molar refractivity (Wildman–Crippen MR) is 78.4 cm³/mol. The van der Waals surface area contributed by atoms with Crippen molar-refractivity contribution < 1.29 is 9.21 Å². The van der Waals surface area contributed by atoms with E-state index in [1.165, 1.54) is 12.8 Å². The highest BCUT2D eigenvalue weighted by Crippen LogP contribution is 2.36. The zero-order valence-corrected chi connectivity index (χ0v) is 13.0. The quantitative estimate of drug-likeness (QED) is 0.848. The summed E-state index contributed by atoms with van der Waals surface area (Å²) >= 11 is 3.22. The van der Waals surface area contributed by atoms with Crippen molar-refractivity contribution in [3.8, 4) is 0 Å². The molecule has 1 aliphatic carbocycles. The van der Waals surface area contributed by atoms with Gasteiger partial charge in [-0.25, -0.2) is 0 Å². The standard InChI is InChI=1S/C13H17BrN2O2.ClH/c14-12-5-4-11(18-12)13(17)16-6-8-2-1-3-10(15)9(8)7-16;/h4-5,8-10H,1-3,6-7,15H2;1H. The zero-order valence-electron chi connectivity index (χ0n) is 10.5. The molecule has 2 fully saturated rings. The van der Waals surface area contributed by atoms with Crippen molar-refractivity contribution in [2.75, 3.05) is 13.1 Å². The van der Waals surface area contributed by atoms with Crippen molar-refractivity contribution >= 4 is 34.2 Å². The van der Waals surface area contributed by atoms with Crippen LogP contribution < -0.4 is 5.73 Å². The number of furan rings is 1. The number of carbonyl (C=O) groups excluding carboxylic acids is 1. The molecular formula is C13H18BrClN2O2. The number of fused-ring (bicyclic) bond motifs is 1. The maximum absolute atomic E-state index is 12.3. The summed E-state index contributed by atoms with van der Waals surface area (Å²) in [4.78, 5) is 14.2. The summed E-state index contributed by atoms with van der Waals surface area (Å²) in [5.41, 5.74) is 6.16. The number of amides is 1. The lowest BCUT2D eigenvalue weighted by Gasteiger charge is -2.29. The Morgan fingerprint density at radius 2 is 2.16 bits per heavy atom. The molecule has 3 unspecified atom stereocenters. The third kappa shape index (κ3) is 2.83. The molecule has 1 saturated carbocycles. The van der Waals surface area contributed by atoms with Gasteiger partial charge in [-0.15, -0.1) is 12.4 Å². The maximum atomic E-state index is 12.3. The van der Waals surface area contributed by atoms with Crippen LogP contribution in [0.15, 0.2) is 21.2 Å². The number of halogens is 2. The van der Waals surface area contributed by atoms with E-state index in [1.54, 1.807) is 12.1 Å². The summed E-state index contributed by atoms with van der Waals surface area (Å²) in [6.45, 7) is 1.61. The molecule has 2 heterocycles. The van der Waals surface area contributed by atoms with E-state index in [4.69, 9.17) is 10.2 Å². The highest BCUT2D eigenvalue weighted by molar-refractivity contribution is 9.10. The highest BCUT2D eigenvalue weighted by atomic mass is 79.9. The van der Waals surface area contributed by atoms with Gasteiger partial charge in [-0.3, -0.25) is 4.79 Å². The van der Waals surface area contributed by atoms with E-state index in [9.17, 15) is 4.79 Å². The molecule has 0 spiro atoms. The van der Waals surface area contributed by atoms with E-state index in [2.05, 4.69) is 15.9 Å². The highest BCUT2D eigenvalue weighted by Gasteiger charge is 2.41. The molecule has 19 heavy (non-hydrogen) atoms. The van der Waals surface area contributed by atoms with Gasteiger partial charge in [-0.1, -0.05) is 6.42 Å². The van der Waals surface area contributed by atoms with Gasteiger partial charge in [-0.05, 0) is 52.7 Å². The monoisotopic (exact) mass is 348 g/mol. The smallest absolute Gasteiger partial charge is 0.289 e. The maximum Gasteiger partial charge on any atom is 0.289 e. The van der Waals surface area contributed by atoms with Gasteiger partial charge >= 0.3 is 0 Å². The topological polar surface area (TPSA) is 59.5 Å². The molecule has 4 nitrogen and oxygen atoms in total. The molecule has 3 atom stereocenters. The van der Waals surface area contributed by atoms with E-state index in [0.29, 0.717) is 22.3 Å². The number of nitrogens with zero attached hydrogens (tertiary/aromatic N) is 1. The van der Waals surface area contributed by atoms with Crippen LogP contribution >= 0.6 is 28.3 Å². The minimum atomic E-state index is -0.0118. The molecule has 2 aliphatic rings. The second-order valence-corrected chi connectivity index (χ2v) is 6.11. The molecule has 2 N–H and O–H groups in total. The normalized spacial score (nSPS) is 29.8. The van der Waals surface area contributed by atoms with Gasteiger partial charge in [0.2, 0.25) is 0 Å². The third-order valence-electron chi connectivity index (χ3n) is 4.23. The van der Waals surface area contributed by atoms with Crippen LogP contribution in [0.1, 0.15) is 29.8 Å². The van der Waals surface area contributed by atoms with Crippen LogP contribution in [-0.4, -0.2) is 29.9 Å². The van der Waals surface area contributed by atoms with Crippen molar-refractivity contribution in [2.24, 2.45) is 17.6 Å². The number of rotatable bonds is 1. The summed E-state index contributed by atoms with van der Waals surface area (Å²) in [7, 11) is 0. The van der Waals surface area contributed by atoms with Crippen LogP contribution in [0.5, 0.6) is 0 Å². The Labute approximate surface area is 127 Å². The van der Waals surface area contributed by atoms with Crippen LogP contribution in [0.2, 0.25) is 0 Å². The number of hydrogen-bond donors (Lipinski definition) is 1. The van der Waals surface area contributed by atoms with Gasteiger partial charge < -0.3 is 15.1 Å². The summed E-state index contributed by atoms with van der Waals surface area (Å²) < 4.78 is 5.93. The Hall–Kier alpha value is -0.520. The molecule has 3 rings (SSSR count). The molecule has 0 bridgehead atoms. The lowest BCUT2D eigenvalue weighted by Crippen LogP contribution is -2.38. The fourth-order valence-electron chi connectivity index (χ4n) is 3.27.